The smallest absolute Gasteiger partial charge is 0.226 e. The van der Waals surface area contributed by atoms with Gasteiger partial charge in [-0.2, -0.15) is 0 Å². The van der Waals surface area contributed by atoms with Gasteiger partial charge in [-0.15, -0.1) is 11.3 Å². The molecule has 0 bridgehead atoms. The lowest BCUT2D eigenvalue weighted by molar-refractivity contribution is -0.120. The van der Waals surface area contributed by atoms with Gasteiger partial charge in [-0.1, -0.05) is 18.2 Å². The van der Waals surface area contributed by atoms with E-state index < -0.39 is 0 Å². The van der Waals surface area contributed by atoms with E-state index >= 15 is 0 Å². The highest BCUT2D eigenvalue weighted by Crippen LogP contribution is 2.20. The molecule has 0 aliphatic carbocycles. The average Bonchev–Trinajstić information content (AvgIpc) is 3.08. The first kappa shape index (κ1) is 18.8. The van der Waals surface area contributed by atoms with Gasteiger partial charge in [-0.05, 0) is 43.2 Å². The number of pyridine rings is 1. The molecule has 0 fully saturated rings. The molecule has 0 unspecified atom stereocenters. The maximum Gasteiger partial charge on any atom is 0.226 e. The van der Waals surface area contributed by atoms with Crippen molar-refractivity contribution in [3.05, 3.63) is 64.8 Å². The molecule has 0 aliphatic rings. The van der Waals surface area contributed by atoms with Crippen molar-refractivity contribution in [2.24, 2.45) is 0 Å². The number of nitrogens with one attached hydrogen (secondary N) is 2. The largest absolute Gasteiger partial charge is 0.497 e. The first-order valence-electron chi connectivity index (χ1n) is 8.67. The van der Waals surface area contributed by atoms with Crippen LogP contribution in [0.25, 0.3) is 0 Å². The van der Waals surface area contributed by atoms with Crippen LogP contribution in [0, 0.1) is 6.92 Å². The van der Waals surface area contributed by atoms with Crippen molar-refractivity contribution in [3.63, 3.8) is 0 Å². The second kappa shape index (κ2) is 9.14. The second-order valence-electron chi connectivity index (χ2n) is 6.06. The van der Waals surface area contributed by atoms with E-state index in [4.69, 9.17) is 4.74 Å². The van der Waals surface area contributed by atoms with Gasteiger partial charge in [0.2, 0.25) is 5.91 Å². The predicted octanol–water partition coefficient (Wildman–Crippen LogP) is 3.50. The van der Waals surface area contributed by atoms with E-state index in [0.717, 1.165) is 40.1 Å². The molecule has 1 aromatic carbocycles. The number of hydrogen-bond donors (Lipinski definition) is 2. The summed E-state index contributed by atoms with van der Waals surface area (Å²) in [7, 11) is 1.65. The minimum atomic E-state index is -0.0385. The number of carbonyl (C=O) groups is 1. The number of aryl methyl sites for hydroxylation is 1. The van der Waals surface area contributed by atoms with Crippen molar-refractivity contribution in [3.8, 4) is 5.75 Å². The molecular weight excluding hydrogens is 360 g/mol. The van der Waals surface area contributed by atoms with Crippen molar-refractivity contribution in [1.82, 2.24) is 15.3 Å². The Kier molecular flexibility index (Phi) is 6.38. The molecule has 6 nitrogen and oxygen atoms in total. The zero-order valence-electron chi connectivity index (χ0n) is 15.4. The summed E-state index contributed by atoms with van der Waals surface area (Å²) in [6, 6.07) is 13.6. The quantitative estimate of drug-likeness (QED) is 0.624. The van der Waals surface area contributed by atoms with E-state index in [9.17, 15) is 4.79 Å². The number of carbonyl (C=O) groups excluding carboxylic acids is 1. The fourth-order valence-corrected chi connectivity index (χ4v) is 3.29. The van der Waals surface area contributed by atoms with Gasteiger partial charge < -0.3 is 15.4 Å². The lowest BCUT2D eigenvalue weighted by Crippen LogP contribution is -2.27. The van der Waals surface area contributed by atoms with Gasteiger partial charge in [0.05, 0.1) is 19.2 Å². The van der Waals surface area contributed by atoms with Crippen molar-refractivity contribution in [2.75, 3.05) is 19.0 Å². The zero-order chi connectivity index (χ0) is 19.1. The molecule has 1 amide bonds. The fourth-order valence-electron chi connectivity index (χ4n) is 2.57. The van der Waals surface area contributed by atoms with Crippen LogP contribution in [-0.2, 0) is 17.6 Å². The van der Waals surface area contributed by atoms with Gasteiger partial charge in [0.15, 0.2) is 5.13 Å². The van der Waals surface area contributed by atoms with Gasteiger partial charge in [0.25, 0.3) is 0 Å². The highest BCUT2D eigenvalue weighted by Gasteiger charge is 2.08. The maximum absolute atomic E-state index is 12.1. The number of ether oxygens (including phenoxy) is 1. The van der Waals surface area contributed by atoms with Crippen LogP contribution in [0.15, 0.2) is 47.8 Å². The van der Waals surface area contributed by atoms with Crippen molar-refractivity contribution >= 4 is 28.2 Å². The Morgan fingerprint density at radius 3 is 2.85 bits per heavy atom. The van der Waals surface area contributed by atoms with Crippen LogP contribution in [0.1, 0.15) is 17.0 Å². The third-order valence-electron chi connectivity index (χ3n) is 3.89. The van der Waals surface area contributed by atoms with Gasteiger partial charge in [-0.3, -0.25) is 4.79 Å². The van der Waals surface area contributed by atoms with Crippen LogP contribution < -0.4 is 15.4 Å². The van der Waals surface area contributed by atoms with E-state index in [1.807, 2.05) is 54.8 Å². The number of benzene rings is 1. The van der Waals surface area contributed by atoms with Crippen LogP contribution in [0.5, 0.6) is 5.75 Å². The molecule has 0 aliphatic heterocycles. The standard InChI is InChI=1S/C20H22N4O2S/c1-14-5-3-8-18(22-14)24-20-23-16(13-27-20)12-19(25)21-10-9-15-6-4-7-17(11-15)26-2/h3-8,11,13H,9-10,12H2,1-2H3,(H,21,25)(H,22,23,24). The number of hydrogen-bond acceptors (Lipinski definition) is 6. The monoisotopic (exact) mass is 382 g/mol. The minimum absolute atomic E-state index is 0.0385. The zero-order valence-corrected chi connectivity index (χ0v) is 16.2. The van der Waals surface area contributed by atoms with Gasteiger partial charge in [-0.25, -0.2) is 9.97 Å². The van der Waals surface area contributed by atoms with Gasteiger partial charge in [0.1, 0.15) is 11.6 Å². The highest BCUT2D eigenvalue weighted by atomic mass is 32.1. The topological polar surface area (TPSA) is 76.1 Å². The molecule has 0 radical (unpaired) electrons. The van der Waals surface area contributed by atoms with Crippen molar-refractivity contribution in [2.45, 2.75) is 19.8 Å². The molecule has 2 heterocycles. The van der Waals surface area contributed by atoms with Crippen LogP contribution in [0.4, 0.5) is 10.9 Å². The molecule has 2 N–H and O–H groups in total. The molecule has 0 saturated carbocycles. The van der Waals surface area contributed by atoms with E-state index in [2.05, 4.69) is 20.6 Å². The number of nitrogens with zero attached hydrogens (tertiary/aromatic N) is 2. The van der Waals surface area contributed by atoms with E-state index in [0.29, 0.717) is 6.54 Å². The van der Waals surface area contributed by atoms with E-state index in [1.165, 1.54) is 11.3 Å². The highest BCUT2D eigenvalue weighted by molar-refractivity contribution is 7.13. The molecule has 0 spiro atoms. The molecule has 2 aromatic heterocycles. The van der Waals surface area contributed by atoms with Crippen LogP contribution in [0.3, 0.4) is 0 Å². The summed E-state index contributed by atoms with van der Waals surface area (Å²) in [6.45, 7) is 2.52. The second-order valence-corrected chi connectivity index (χ2v) is 6.92. The Balaban J connectivity index is 1.46. The average molecular weight is 382 g/mol. The summed E-state index contributed by atoms with van der Waals surface area (Å²) in [6.07, 6.45) is 1.02. The lowest BCUT2D eigenvalue weighted by atomic mass is 10.1. The fraction of sp³-hybridized carbons (Fsp3) is 0.250. The summed E-state index contributed by atoms with van der Waals surface area (Å²) in [5, 5.41) is 8.72. The van der Waals surface area contributed by atoms with Crippen LogP contribution in [-0.4, -0.2) is 29.5 Å². The maximum atomic E-state index is 12.1. The van der Waals surface area contributed by atoms with Crippen LogP contribution in [0.2, 0.25) is 0 Å². The first-order valence-corrected chi connectivity index (χ1v) is 9.55. The Hall–Kier alpha value is -2.93. The summed E-state index contributed by atoms with van der Waals surface area (Å²) in [5.74, 6) is 1.53. The van der Waals surface area contributed by atoms with Crippen LogP contribution >= 0.6 is 11.3 Å². The number of amides is 1. The molecule has 0 saturated heterocycles. The number of anilines is 2. The Bertz CT molecular complexity index is 910. The number of aromatic nitrogens is 2. The normalized spacial score (nSPS) is 10.4. The Morgan fingerprint density at radius 2 is 2.04 bits per heavy atom. The molecule has 3 rings (SSSR count). The van der Waals surface area contributed by atoms with Gasteiger partial charge in [0, 0.05) is 17.6 Å². The number of rotatable bonds is 8. The molecule has 0 atom stereocenters. The summed E-state index contributed by atoms with van der Waals surface area (Å²) >= 11 is 1.46. The van der Waals surface area contributed by atoms with Gasteiger partial charge >= 0.3 is 0 Å². The summed E-state index contributed by atoms with van der Waals surface area (Å²) in [4.78, 5) is 21.0. The SMILES string of the molecule is COc1cccc(CCNC(=O)Cc2csc(Nc3cccc(C)n3)n2)c1. The Labute approximate surface area is 162 Å². The summed E-state index contributed by atoms with van der Waals surface area (Å²) in [5.41, 5.74) is 2.81. The number of thiazole rings is 1. The van der Waals surface area contributed by atoms with Crippen molar-refractivity contribution in [1.29, 1.82) is 0 Å². The predicted molar refractivity (Wildman–Crippen MR) is 108 cm³/mol. The molecule has 3 aromatic rings. The van der Waals surface area contributed by atoms with E-state index in [1.54, 1.807) is 7.11 Å². The lowest BCUT2D eigenvalue weighted by Gasteiger charge is -2.06. The molecule has 7 heteroatoms. The van der Waals surface area contributed by atoms with E-state index in [-0.39, 0.29) is 12.3 Å². The third-order valence-corrected chi connectivity index (χ3v) is 4.69. The van der Waals surface area contributed by atoms with Crippen molar-refractivity contribution < 1.29 is 9.53 Å². The third kappa shape index (κ3) is 5.79. The molecular formula is C20H22N4O2S. The Morgan fingerprint density at radius 1 is 1.19 bits per heavy atom. The summed E-state index contributed by atoms with van der Waals surface area (Å²) < 4.78 is 5.21. The molecule has 27 heavy (non-hydrogen) atoms. The minimum Gasteiger partial charge on any atom is -0.497 e. The molecule has 140 valence electrons. The number of methoxy groups -OCH3 is 1. The first-order chi connectivity index (χ1) is 13.1.